The fourth-order valence-corrected chi connectivity index (χ4v) is 2.93. The summed E-state index contributed by atoms with van der Waals surface area (Å²) in [5.74, 6) is -0.173. The highest BCUT2D eigenvalue weighted by molar-refractivity contribution is 6.03. The molecule has 1 heterocycles. The molecule has 1 saturated heterocycles. The van der Waals surface area contributed by atoms with Crippen molar-refractivity contribution in [3.05, 3.63) is 58.6 Å². The summed E-state index contributed by atoms with van der Waals surface area (Å²) >= 11 is 0. The van der Waals surface area contributed by atoms with Crippen LogP contribution >= 0.6 is 0 Å². The molecule has 1 aliphatic rings. The average Bonchev–Trinajstić information content (AvgIpc) is 3.05. The number of benzene rings is 2. The first-order valence-corrected chi connectivity index (χ1v) is 8.56. The number of nitrogens with zero attached hydrogens (tertiary/aromatic N) is 2. The maximum atomic E-state index is 12.5. The zero-order valence-corrected chi connectivity index (χ0v) is 14.8. The van der Waals surface area contributed by atoms with Crippen LogP contribution < -0.4 is 15.0 Å². The quantitative estimate of drug-likeness (QED) is 0.623. The third kappa shape index (κ3) is 4.22. The Bertz CT molecular complexity index is 849. The molecule has 0 bridgehead atoms. The largest absolute Gasteiger partial charge is 0.494 e. The molecular weight excluding hydrogens is 350 g/mol. The van der Waals surface area contributed by atoms with Gasteiger partial charge in [-0.2, -0.15) is 0 Å². The lowest BCUT2D eigenvalue weighted by atomic mass is 10.1. The van der Waals surface area contributed by atoms with Crippen LogP contribution in [0.15, 0.2) is 48.5 Å². The second-order valence-corrected chi connectivity index (χ2v) is 6.13. The summed E-state index contributed by atoms with van der Waals surface area (Å²) in [4.78, 5) is 36.5. The van der Waals surface area contributed by atoms with Crippen LogP contribution in [0.25, 0.3) is 0 Å². The van der Waals surface area contributed by atoms with E-state index in [-0.39, 0.29) is 30.5 Å². The fraction of sp³-hybridized carbons (Fsp3) is 0.263. The fourth-order valence-electron chi connectivity index (χ4n) is 2.93. The van der Waals surface area contributed by atoms with Crippen molar-refractivity contribution in [1.29, 1.82) is 0 Å². The molecule has 0 saturated carbocycles. The second-order valence-electron chi connectivity index (χ2n) is 6.13. The number of hydrogen-bond acceptors (Lipinski definition) is 5. The predicted octanol–water partition coefficient (Wildman–Crippen LogP) is 2.99. The first kappa shape index (κ1) is 18.4. The number of amides is 2. The minimum Gasteiger partial charge on any atom is -0.494 e. The van der Waals surface area contributed by atoms with Gasteiger partial charge in [0.25, 0.3) is 5.69 Å². The summed E-state index contributed by atoms with van der Waals surface area (Å²) in [6, 6.07) is 12.7. The topological polar surface area (TPSA) is 102 Å². The Morgan fingerprint density at radius 3 is 2.48 bits per heavy atom. The van der Waals surface area contributed by atoms with E-state index in [0.29, 0.717) is 18.0 Å². The van der Waals surface area contributed by atoms with Gasteiger partial charge in [-0.1, -0.05) is 0 Å². The Labute approximate surface area is 155 Å². The van der Waals surface area contributed by atoms with Crippen LogP contribution in [-0.4, -0.2) is 29.9 Å². The van der Waals surface area contributed by atoms with Crippen LogP contribution in [0.5, 0.6) is 5.75 Å². The van der Waals surface area contributed by atoms with E-state index >= 15 is 0 Å². The molecule has 1 unspecified atom stereocenters. The van der Waals surface area contributed by atoms with Gasteiger partial charge >= 0.3 is 0 Å². The number of ether oxygens (including phenoxy) is 1. The number of nitro groups is 1. The molecule has 0 radical (unpaired) electrons. The van der Waals surface area contributed by atoms with Gasteiger partial charge in [0.1, 0.15) is 5.75 Å². The molecule has 2 amide bonds. The molecule has 0 aliphatic carbocycles. The third-order valence-corrected chi connectivity index (χ3v) is 4.30. The lowest BCUT2D eigenvalue weighted by molar-refractivity contribution is -0.384. The van der Waals surface area contributed by atoms with E-state index in [9.17, 15) is 19.7 Å². The van der Waals surface area contributed by atoms with E-state index < -0.39 is 10.8 Å². The molecule has 1 fully saturated rings. The Morgan fingerprint density at radius 1 is 1.22 bits per heavy atom. The van der Waals surface area contributed by atoms with Gasteiger partial charge < -0.3 is 15.0 Å². The Hall–Kier alpha value is -3.42. The number of carbonyl (C=O) groups excluding carboxylic acids is 2. The molecule has 1 atom stereocenters. The zero-order chi connectivity index (χ0) is 19.4. The Balaban J connectivity index is 1.63. The van der Waals surface area contributed by atoms with Crippen molar-refractivity contribution in [2.75, 3.05) is 23.4 Å². The number of nitro benzene ring substituents is 1. The van der Waals surface area contributed by atoms with E-state index in [1.165, 1.54) is 24.3 Å². The predicted molar refractivity (Wildman–Crippen MR) is 99.8 cm³/mol. The zero-order valence-electron chi connectivity index (χ0n) is 14.8. The Morgan fingerprint density at radius 2 is 1.89 bits per heavy atom. The molecule has 3 rings (SSSR count). The third-order valence-electron chi connectivity index (χ3n) is 4.30. The van der Waals surface area contributed by atoms with Crippen LogP contribution in [0.3, 0.4) is 0 Å². The van der Waals surface area contributed by atoms with E-state index in [2.05, 4.69) is 5.32 Å². The van der Waals surface area contributed by atoms with Crippen LogP contribution in [0.2, 0.25) is 0 Å². The molecule has 0 aromatic heterocycles. The van der Waals surface area contributed by atoms with Gasteiger partial charge in [0.05, 0.1) is 17.4 Å². The summed E-state index contributed by atoms with van der Waals surface area (Å²) in [6.45, 7) is 2.74. The van der Waals surface area contributed by atoms with Crippen LogP contribution in [0.4, 0.5) is 17.1 Å². The molecule has 8 nitrogen and oxygen atoms in total. The highest BCUT2D eigenvalue weighted by Gasteiger charge is 2.35. The van der Waals surface area contributed by atoms with Crippen LogP contribution in [0, 0.1) is 16.0 Å². The first-order chi connectivity index (χ1) is 13.0. The number of nitrogens with one attached hydrogen (secondary N) is 1. The van der Waals surface area contributed by atoms with Gasteiger partial charge in [-0.25, -0.2) is 0 Å². The minimum atomic E-state index is -0.504. The van der Waals surface area contributed by atoms with Crippen molar-refractivity contribution in [1.82, 2.24) is 0 Å². The van der Waals surface area contributed by atoms with Crippen LogP contribution in [0.1, 0.15) is 13.3 Å². The SMILES string of the molecule is CCOc1ccc(N2CC(C(=O)Nc3ccc([N+](=O)[O-])cc3)CC2=O)cc1. The average molecular weight is 369 g/mol. The Kier molecular flexibility index (Phi) is 5.35. The lowest BCUT2D eigenvalue weighted by Gasteiger charge is -2.17. The van der Waals surface area contributed by atoms with Gasteiger partial charge in [-0.05, 0) is 43.3 Å². The maximum Gasteiger partial charge on any atom is 0.269 e. The summed E-state index contributed by atoms with van der Waals surface area (Å²) < 4.78 is 5.39. The number of non-ortho nitro benzene ring substituents is 1. The summed E-state index contributed by atoms with van der Waals surface area (Å²) in [5.41, 5.74) is 1.12. The molecule has 27 heavy (non-hydrogen) atoms. The molecular formula is C19H19N3O5. The van der Waals surface area contributed by atoms with Crippen molar-refractivity contribution in [3.8, 4) is 5.75 Å². The minimum absolute atomic E-state index is 0.0503. The van der Waals surface area contributed by atoms with Crippen molar-refractivity contribution >= 4 is 28.9 Å². The molecule has 1 N–H and O–H groups in total. The van der Waals surface area contributed by atoms with Crippen LogP contribution in [-0.2, 0) is 9.59 Å². The summed E-state index contributed by atoms with van der Waals surface area (Å²) in [6.07, 6.45) is 0.117. The van der Waals surface area contributed by atoms with E-state index in [0.717, 1.165) is 5.75 Å². The smallest absolute Gasteiger partial charge is 0.269 e. The first-order valence-electron chi connectivity index (χ1n) is 8.56. The monoisotopic (exact) mass is 369 g/mol. The second kappa shape index (κ2) is 7.86. The number of carbonyl (C=O) groups is 2. The maximum absolute atomic E-state index is 12.5. The highest BCUT2D eigenvalue weighted by atomic mass is 16.6. The number of anilines is 2. The van der Waals surface area contributed by atoms with Gasteiger partial charge in [-0.15, -0.1) is 0 Å². The number of hydrogen-bond donors (Lipinski definition) is 1. The molecule has 140 valence electrons. The van der Waals surface area contributed by atoms with Crippen molar-refractivity contribution in [2.24, 2.45) is 5.92 Å². The van der Waals surface area contributed by atoms with Gasteiger partial charge in [0.15, 0.2) is 0 Å². The summed E-state index contributed by atoms with van der Waals surface area (Å²) in [7, 11) is 0. The molecule has 1 aliphatic heterocycles. The molecule has 8 heteroatoms. The molecule has 0 spiro atoms. The standard InChI is InChI=1S/C19H19N3O5/c1-2-27-17-9-7-15(8-10-17)21-12-13(11-18(21)23)19(24)20-14-3-5-16(6-4-14)22(25)26/h3-10,13H,2,11-12H2,1H3,(H,20,24). The van der Waals surface area contributed by atoms with Gasteiger partial charge in [0.2, 0.25) is 11.8 Å². The summed E-state index contributed by atoms with van der Waals surface area (Å²) in [5, 5.41) is 13.4. The van der Waals surface area contributed by atoms with Gasteiger partial charge in [0, 0.05) is 36.5 Å². The van der Waals surface area contributed by atoms with E-state index in [1.807, 2.05) is 6.92 Å². The normalized spacial score (nSPS) is 16.3. The van der Waals surface area contributed by atoms with Gasteiger partial charge in [-0.3, -0.25) is 19.7 Å². The van der Waals surface area contributed by atoms with Crippen molar-refractivity contribution in [3.63, 3.8) is 0 Å². The van der Waals surface area contributed by atoms with E-state index in [1.54, 1.807) is 29.2 Å². The van der Waals surface area contributed by atoms with E-state index in [4.69, 9.17) is 4.74 Å². The molecule has 2 aromatic carbocycles. The van der Waals surface area contributed by atoms with Crippen molar-refractivity contribution < 1.29 is 19.2 Å². The molecule has 2 aromatic rings. The highest BCUT2D eigenvalue weighted by Crippen LogP contribution is 2.28. The van der Waals surface area contributed by atoms with Crippen molar-refractivity contribution in [2.45, 2.75) is 13.3 Å². The number of rotatable bonds is 6. The lowest BCUT2D eigenvalue weighted by Crippen LogP contribution is -2.28.